The van der Waals surface area contributed by atoms with E-state index in [2.05, 4.69) is 15.4 Å². The third-order valence-electron chi connectivity index (χ3n) is 4.23. The Kier molecular flexibility index (Phi) is 5.09. The molecule has 1 amide bonds. The van der Waals surface area contributed by atoms with Crippen molar-refractivity contribution in [2.24, 2.45) is 0 Å². The predicted molar refractivity (Wildman–Crippen MR) is 110 cm³/mol. The molecular weight excluding hydrogens is 391 g/mol. The van der Waals surface area contributed by atoms with E-state index in [4.69, 9.17) is 4.74 Å². The maximum absolute atomic E-state index is 13.3. The van der Waals surface area contributed by atoms with Crippen molar-refractivity contribution in [3.63, 3.8) is 0 Å². The molecule has 146 valence electrons. The summed E-state index contributed by atoms with van der Waals surface area (Å²) in [6, 6.07) is 13.2. The molecule has 0 aliphatic rings. The summed E-state index contributed by atoms with van der Waals surface area (Å²) in [5.41, 5.74) is 3.06. The van der Waals surface area contributed by atoms with Crippen molar-refractivity contribution in [2.75, 3.05) is 12.4 Å². The van der Waals surface area contributed by atoms with Gasteiger partial charge in [-0.05, 0) is 43.3 Å². The summed E-state index contributed by atoms with van der Waals surface area (Å²) in [6.07, 6.45) is 1.62. The molecule has 0 unspecified atom stereocenters. The number of ether oxygens (including phenoxy) is 1. The Balaban J connectivity index is 1.78. The molecule has 0 bridgehead atoms. The van der Waals surface area contributed by atoms with Crippen molar-refractivity contribution >= 4 is 22.4 Å². The predicted octanol–water partition coefficient (Wildman–Crippen LogP) is 4.70. The minimum Gasteiger partial charge on any atom is -0.497 e. The maximum Gasteiger partial charge on any atom is 0.261 e. The Morgan fingerprint density at radius 3 is 2.69 bits per heavy atom. The normalized spacial score (nSPS) is 10.7. The second-order valence-corrected chi connectivity index (χ2v) is 7.15. The minimum absolute atomic E-state index is 0.328. The number of rotatable bonds is 5. The van der Waals surface area contributed by atoms with Crippen molar-refractivity contribution in [1.82, 2.24) is 14.8 Å². The van der Waals surface area contributed by atoms with Gasteiger partial charge in [0.1, 0.15) is 17.3 Å². The largest absolute Gasteiger partial charge is 0.497 e. The first-order valence-corrected chi connectivity index (χ1v) is 9.65. The van der Waals surface area contributed by atoms with Gasteiger partial charge < -0.3 is 4.74 Å². The van der Waals surface area contributed by atoms with Crippen molar-refractivity contribution in [2.45, 2.75) is 6.92 Å². The lowest BCUT2D eigenvalue weighted by atomic mass is 10.1. The fraction of sp³-hybridized carbons (Fsp3) is 0.0952. The van der Waals surface area contributed by atoms with Crippen LogP contribution in [0.25, 0.3) is 16.9 Å². The highest BCUT2D eigenvalue weighted by atomic mass is 32.1. The first-order valence-electron chi connectivity index (χ1n) is 8.77. The van der Waals surface area contributed by atoms with Gasteiger partial charge in [0, 0.05) is 17.1 Å². The number of thiazole rings is 1. The number of nitrogens with one attached hydrogen (secondary N) is 1. The Morgan fingerprint density at radius 2 is 2.00 bits per heavy atom. The van der Waals surface area contributed by atoms with Gasteiger partial charge in [-0.2, -0.15) is 5.10 Å². The second kappa shape index (κ2) is 7.84. The molecule has 0 radical (unpaired) electrons. The maximum atomic E-state index is 13.3. The Labute approximate surface area is 170 Å². The van der Waals surface area contributed by atoms with Crippen LogP contribution < -0.4 is 10.1 Å². The molecule has 6 nitrogen and oxygen atoms in total. The highest BCUT2D eigenvalue weighted by molar-refractivity contribution is 7.13. The average Bonchev–Trinajstić information content (AvgIpc) is 3.35. The minimum atomic E-state index is -0.342. The van der Waals surface area contributed by atoms with Crippen LogP contribution in [0.2, 0.25) is 0 Å². The van der Waals surface area contributed by atoms with E-state index in [0.717, 1.165) is 11.3 Å². The number of amides is 1. The van der Waals surface area contributed by atoms with Crippen LogP contribution in [0.3, 0.4) is 0 Å². The quantitative estimate of drug-likeness (QED) is 0.520. The smallest absolute Gasteiger partial charge is 0.261 e. The lowest BCUT2D eigenvalue weighted by molar-refractivity contribution is 0.102. The highest BCUT2D eigenvalue weighted by Crippen LogP contribution is 2.28. The van der Waals surface area contributed by atoms with Gasteiger partial charge in [-0.3, -0.25) is 10.1 Å². The molecule has 2 aromatic carbocycles. The number of benzene rings is 2. The Morgan fingerprint density at radius 1 is 1.21 bits per heavy atom. The lowest BCUT2D eigenvalue weighted by Crippen LogP contribution is -2.12. The molecule has 4 rings (SSSR count). The molecule has 0 spiro atoms. The third kappa shape index (κ3) is 4.02. The molecule has 0 fully saturated rings. The van der Waals surface area contributed by atoms with Gasteiger partial charge in [-0.25, -0.2) is 14.1 Å². The topological polar surface area (TPSA) is 69.0 Å². The van der Waals surface area contributed by atoms with E-state index in [0.29, 0.717) is 27.8 Å². The number of aryl methyl sites for hydroxylation is 1. The van der Waals surface area contributed by atoms with Crippen LogP contribution in [0.1, 0.15) is 16.1 Å². The van der Waals surface area contributed by atoms with Gasteiger partial charge in [0.15, 0.2) is 5.13 Å². The number of nitrogens with zero attached hydrogens (tertiary/aromatic N) is 3. The van der Waals surface area contributed by atoms with Gasteiger partial charge in [0.05, 0.1) is 24.1 Å². The Hall–Kier alpha value is -3.52. The number of anilines is 1. The molecule has 0 atom stereocenters. The van der Waals surface area contributed by atoms with Crippen LogP contribution in [-0.4, -0.2) is 27.8 Å². The van der Waals surface area contributed by atoms with Crippen LogP contribution in [0.5, 0.6) is 5.75 Å². The van der Waals surface area contributed by atoms with Crippen LogP contribution in [0.4, 0.5) is 9.52 Å². The van der Waals surface area contributed by atoms with Gasteiger partial charge in [-0.1, -0.05) is 12.1 Å². The second-order valence-electron chi connectivity index (χ2n) is 6.29. The zero-order valence-corrected chi connectivity index (χ0v) is 16.5. The first-order chi connectivity index (χ1) is 14.0. The monoisotopic (exact) mass is 408 g/mol. The SMILES string of the molecule is COc1cccc(-c2nn(-c3ccc(F)cc3)cc2C(=O)Nc2nc(C)cs2)c1. The fourth-order valence-corrected chi connectivity index (χ4v) is 3.51. The number of carbonyl (C=O) groups is 1. The number of carbonyl (C=O) groups excluding carboxylic acids is 1. The van der Waals surface area contributed by atoms with E-state index in [9.17, 15) is 9.18 Å². The van der Waals surface area contributed by atoms with Crippen molar-refractivity contribution < 1.29 is 13.9 Å². The zero-order chi connectivity index (χ0) is 20.4. The van der Waals surface area contributed by atoms with Crippen LogP contribution >= 0.6 is 11.3 Å². The summed E-state index contributed by atoms with van der Waals surface area (Å²) in [5.74, 6) is -0.0164. The summed E-state index contributed by atoms with van der Waals surface area (Å²) in [5, 5.41) is 9.77. The van der Waals surface area contributed by atoms with Crippen LogP contribution in [0, 0.1) is 12.7 Å². The number of halogens is 1. The summed E-state index contributed by atoms with van der Waals surface area (Å²) in [4.78, 5) is 17.3. The number of hydrogen-bond donors (Lipinski definition) is 1. The van der Waals surface area contributed by atoms with E-state index in [-0.39, 0.29) is 11.7 Å². The number of aromatic nitrogens is 3. The molecule has 1 N–H and O–H groups in total. The van der Waals surface area contributed by atoms with Crippen LogP contribution in [0.15, 0.2) is 60.1 Å². The molecule has 0 saturated heterocycles. The fourth-order valence-electron chi connectivity index (χ4n) is 2.83. The van der Waals surface area contributed by atoms with Gasteiger partial charge in [-0.15, -0.1) is 11.3 Å². The van der Waals surface area contributed by atoms with E-state index < -0.39 is 0 Å². The van der Waals surface area contributed by atoms with Crippen molar-refractivity contribution in [1.29, 1.82) is 0 Å². The average molecular weight is 408 g/mol. The van der Waals surface area contributed by atoms with Gasteiger partial charge >= 0.3 is 0 Å². The zero-order valence-electron chi connectivity index (χ0n) is 15.7. The van der Waals surface area contributed by atoms with Crippen molar-refractivity contribution in [3.8, 4) is 22.7 Å². The summed E-state index contributed by atoms with van der Waals surface area (Å²) in [7, 11) is 1.58. The number of methoxy groups -OCH3 is 1. The van der Waals surface area contributed by atoms with Crippen molar-refractivity contribution in [3.05, 3.63) is 77.2 Å². The van der Waals surface area contributed by atoms with E-state index in [1.165, 1.54) is 23.5 Å². The third-order valence-corrected chi connectivity index (χ3v) is 5.11. The number of hydrogen-bond acceptors (Lipinski definition) is 5. The molecule has 0 aliphatic carbocycles. The summed E-state index contributed by atoms with van der Waals surface area (Å²) >= 11 is 1.35. The van der Waals surface area contributed by atoms with E-state index in [1.54, 1.807) is 30.1 Å². The van der Waals surface area contributed by atoms with E-state index in [1.807, 2.05) is 36.6 Å². The standard InChI is InChI=1S/C21H17FN4O2S/c1-13-12-29-21(23-13)24-20(27)18-11-26(16-8-6-15(22)7-9-16)25-19(18)14-4-3-5-17(10-14)28-2/h3-12H,1-2H3,(H,23,24,27). The summed E-state index contributed by atoms with van der Waals surface area (Å²) < 4.78 is 20.1. The summed E-state index contributed by atoms with van der Waals surface area (Å²) in [6.45, 7) is 1.86. The molecule has 0 aliphatic heterocycles. The van der Waals surface area contributed by atoms with Gasteiger partial charge in [0.2, 0.25) is 0 Å². The van der Waals surface area contributed by atoms with Gasteiger partial charge in [0.25, 0.3) is 5.91 Å². The van der Waals surface area contributed by atoms with E-state index >= 15 is 0 Å². The lowest BCUT2D eigenvalue weighted by Gasteiger charge is -2.05. The molecular formula is C21H17FN4O2S. The first kappa shape index (κ1) is 18.8. The molecule has 8 heteroatoms. The van der Waals surface area contributed by atoms with Crippen LogP contribution in [-0.2, 0) is 0 Å². The Bertz CT molecular complexity index is 1170. The molecule has 2 heterocycles. The molecule has 0 saturated carbocycles. The highest BCUT2D eigenvalue weighted by Gasteiger charge is 2.20. The molecule has 2 aromatic heterocycles. The molecule has 4 aromatic rings. The molecule has 29 heavy (non-hydrogen) atoms.